The van der Waals surface area contributed by atoms with Crippen molar-refractivity contribution in [2.45, 2.75) is 11.7 Å². The minimum Gasteiger partial charge on any atom is -0.348 e. The molecule has 2 rings (SSSR count). The summed E-state index contributed by atoms with van der Waals surface area (Å²) in [5.74, 6) is 0.552. The summed E-state index contributed by atoms with van der Waals surface area (Å²) in [5, 5.41) is 0. The van der Waals surface area contributed by atoms with Gasteiger partial charge in [0.25, 0.3) is 0 Å². The number of nitrogens with zero attached hydrogens (tertiary/aromatic N) is 4. The lowest BCUT2D eigenvalue weighted by Crippen LogP contribution is -2.37. The average Bonchev–Trinajstić information content (AvgIpc) is 2.18. The smallest absolute Gasteiger partial charge is 0.162 e. The first-order valence-corrected chi connectivity index (χ1v) is 4.85. The van der Waals surface area contributed by atoms with E-state index in [0.717, 1.165) is 0 Å². The number of rotatable bonds is 1. The maximum atomic E-state index is 5.85. The number of hydrogen-bond acceptors (Lipinski definition) is 5. The van der Waals surface area contributed by atoms with Crippen molar-refractivity contribution < 1.29 is 4.74 Å². The van der Waals surface area contributed by atoms with Crippen LogP contribution < -0.4 is 0 Å². The maximum Gasteiger partial charge on any atom is 0.162 e. The average molecular weight is 235 g/mol. The highest BCUT2D eigenvalue weighted by atomic mass is 35.5. The van der Waals surface area contributed by atoms with Gasteiger partial charge in [-0.2, -0.15) is 0 Å². The van der Waals surface area contributed by atoms with Crippen molar-refractivity contribution in [3.63, 3.8) is 0 Å². The van der Waals surface area contributed by atoms with Crippen molar-refractivity contribution in [1.29, 1.82) is 0 Å². The molecule has 1 aliphatic rings. The molecule has 1 saturated heterocycles. The van der Waals surface area contributed by atoms with Gasteiger partial charge in [0, 0.05) is 6.54 Å². The van der Waals surface area contributed by atoms with Gasteiger partial charge in [0.15, 0.2) is 5.82 Å². The number of aromatic nitrogens is 3. The SMILES string of the molecule is ClC1CN(Cl)CC(c2ncncn2)O1. The van der Waals surface area contributed by atoms with Gasteiger partial charge >= 0.3 is 0 Å². The molecule has 0 amide bonds. The van der Waals surface area contributed by atoms with Crippen LogP contribution >= 0.6 is 23.4 Å². The normalized spacial score (nSPS) is 29.0. The molecule has 0 saturated carbocycles. The van der Waals surface area contributed by atoms with E-state index in [4.69, 9.17) is 28.1 Å². The second-order valence-corrected chi connectivity index (χ2v) is 3.82. The second kappa shape index (κ2) is 4.35. The molecule has 0 spiro atoms. The molecule has 1 aromatic rings. The van der Waals surface area contributed by atoms with Gasteiger partial charge in [0.2, 0.25) is 0 Å². The molecule has 5 nitrogen and oxygen atoms in total. The van der Waals surface area contributed by atoms with Crippen molar-refractivity contribution in [2.75, 3.05) is 13.1 Å². The largest absolute Gasteiger partial charge is 0.348 e. The Morgan fingerprint density at radius 2 is 2.07 bits per heavy atom. The van der Waals surface area contributed by atoms with E-state index in [2.05, 4.69) is 15.0 Å². The number of morpholine rings is 1. The molecule has 0 radical (unpaired) electrons. The minimum absolute atomic E-state index is 0.285. The standard InChI is InChI=1S/C7H8Cl2N4O/c8-6-2-13(9)1-5(14-6)7-11-3-10-4-12-7/h3-6H,1-2H2. The third-order valence-electron chi connectivity index (χ3n) is 1.82. The van der Waals surface area contributed by atoms with E-state index in [1.54, 1.807) is 4.42 Å². The van der Waals surface area contributed by atoms with Gasteiger partial charge in [-0.05, 0) is 11.8 Å². The highest BCUT2D eigenvalue weighted by molar-refractivity contribution is 6.20. The van der Waals surface area contributed by atoms with Gasteiger partial charge in [-0.1, -0.05) is 11.6 Å². The van der Waals surface area contributed by atoms with Crippen LogP contribution in [-0.2, 0) is 4.74 Å². The molecule has 1 aromatic heterocycles. The predicted octanol–water partition coefficient (Wildman–Crippen LogP) is 0.964. The van der Waals surface area contributed by atoms with E-state index in [1.807, 2.05) is 0 Å². The van der Waals surface area contributed by atoms with Gasteiger partial charge in [0.05, 0.1) is 6.54 Å². The zero-order valence-electron chi connectivity index (χ0n) is 7.18. The number of alkyl halides is 1. The van der Waals surface area contributed by atoms with Gasteiger partial charge < -0.3 is 4.74 Å². The maximum absolute atomic E-state index is 5.85. The Morgan fingerprint density at radius 1 is 1.36 bits per heavy atom. The van der Waals surface area contributed by atoms with E-state index in [-0.39, 0.29) is 6.10 Å². The Balaban J connectivity index is 2.11. The molecule has 0 aromatic carbocycles. The number of halogens is 2. The molecule has 1 aliphatic heterocycles. The van der Waals surface area contributed by atoms with Gasteiger partial charge in [-0.25, -0.2) is 19.4 Å². The predicted molar refractivity (Wildman–Crippen MR) is 50.7 cm³/mol. The van der Waals surface area contributed by atoms with Crippen molar-refractivity contribution in [1.82, 2.24) is 19.4 Å². The van der Waals surface area contributed by atoms with Crippen LogP contribution in [0.2, 0.25) is 0 Å². The molecule has 2 unspecified atom stereocenters. The van der Waals surface area contributed by atoms with E-state index < -0.39 is 5.56 Å². The molecule has 2 heterocycles. The van der Waals surface area contributed by atoms with Crippen LogP contribution in [0, 0.1) is 0 Å². The first-order chi connectivity index (χ1) is 6.75. The fourth-order valence-corrected chi connectivity index (χ4v) is 1.84. The molecule has 2 atom stereocenters. The van der Waals surface area contributed by atoms with Crippen molar-refractivity contribution >= 4 is 23.4 Å². The highest BCUT2D eigenvalue weighted by Gasteiger charge is 2.28. The summed E-state index contributed by atoms with van der Waals surface area (Å²) < 4.78 is 6.99. The van der Waals surface area contributed by atoms with E-state index in [9.17, 15) is 0 Å². The quantitative estimate of drug-likeness (QED) is 0.536. The molecule has 0 aliphatic carbocycles. The molecule has 14 heavy (non-hydrogen) atoms. The van der Waals surface area contributed by atoms with E-state index in [1.165, 1.54) is 12.7 Å². The number of ether oxygens (including phenoxy) is 1. The highest BCUT2D eigenvalue weighted by Crippen LogP contribution is 2.24. The van der Waals surface area contributed by atoms with Crippen LogP contribution in [0.3, 0.4) is 0 Å². The zero-order valence-corrected chi connectivity index (χ0v) is 8.69. The van der Waals surface area contributed by atoms with Crippen LogP contribution in [-0.4, -0.2) is 38.0 Å². The Hall–Kier alpha value is -0.490. The molecule has 0 bridgehead atoms. The van der Waals surface area contributed by atoms with Crippen LogP contribution in [0.25, 0.3) is 0 Å². The molecule has 0 N–H and O–H groups in total. The Bertz CT molecular complexity index is 289. The zero-order chi connectivity index (χ0) is 9.97. The molecular formula is C7H8Cl2N4O. The second-order valence-electron chi connectivity index (χ2n) is 2.86. The Kier molecular flexibility index (Phi) is 3.12. The lowest BCUT2D eigenvalue weighted by molar-refractivity contribution is -0.0296. The van der Waals surface area contributed by atoms with E-state index >= 15 is 0 Å². The van der Waals surface area contributed by atoms with Crippen LogP contribution in [0.1, 0.15) is 11.9 Å². The summed E-state index contributed by atoms with van der Waals surface area (Å²) in [5.41, 5.74) is -0.428. The summed E-state index contributed by atoms with van der Waals surface area (Å²) in [4.78, 5) is 11.7. The summed E-state index contributed by atoms with van der Waals surface area (Å²) in [7, 11) is 0. The van der Waals surface area contributed by atoms with Crippen LogP contribution in [0.4, 0.5) is 0 Å². The third kappa shape index (κ3) is 2.30. The first kappa shape index (κ1) is 10.0. The lowest BCUT2D eigenvalue weighted by atomic mass is 10.3. The fourth-order valence-electron chi connectivity index (χ4n) is 1.23. The van der Waals surface area contributed by atoms with Gasteiger partial charge in [0.1, 0.15) is 24.3 Å². The first-order valence-electron chi connectivity index (χ1n) is 4.08. The van der Waals surface area contributed by atoms with Gasteiger partial charge in [-0.15, -0.1) is 0 Å². The Labute approximate surface area is 91.1 Å². The molecule has 76 valence electrons. The van der Waals surface area contributed by atoms with Crippen LogP contribution in [0.15, 0.2) is 12.7 Å². The summed E-state index contributed by atoms with van der Waals surface area (Å²) in [6.07, 6.45) is 2.55. The molecule has 1 fully saturated rings. The van der Waals surface area contributed by atoms with Crippen molar-refractivity contribution in [3.05, 3.63) is 18.5 Å². The number of hydrogen-bond donors (Lipinski definition) is 0. The summed E-state index contributed by atoms with van der Waals surface area (Å²) in [6, 6.07) is 0. The van der Waals surface area contributed by atoms with Gasteiger partial charge in [-0.3, -0.25) is 0 Å². The topological polar surface area (TPSA) is 51.1 Å². The fraction of sp³-hybridized carbons (Fsp3) is 0.571. The lowest BCUT2D eigenvalue weighted by Gasteiger charge is -2.30. The monoisotopic (exact) mass is 234 g/mol. The third-order valence-corrected chi connectivity index (χ3v) is 2.34. The molecular weight excluding hydrogens is 227 g/mol. The van der Waals surface area contributed by atoms with Crippen molar-refractivity contribution in [3.8, 4) is 0 Å². The molecule has 7 heteroatoms. The Morgan fingerprint density at radius 3 is 2.71 bits per heavy atom. The van der Waals surface area contributed by atoms with Crippen LogP contribution in [0.5, 0.6) is 0 Å². The minimum atomic E-state index is -0.428. The summed E-state index contributed by atoms with van der Waals surface area (Å²) >= 11 is 11.7. The van der Waals surface area contributed by atoms with E-state index in [0.29, 0.717) is 18.9 Å². The summed E-state index contributed by atoms with van der Waals surface area (Å²) in [6.45, 7) is 1.01. The van der Waals surface area contributed by atoms with Crippen molar-refractivity contribution in [2.24, 2.45) is 0 Å².